The zero-order chi connectivity index (χ0) is 19.6. The normalized spacial score (nSPS) is 10.1. The Balaban J connectivity index is 1.89. The maximum absolute atomic E-state index is 12.0. The van der Waals surface area contributed by atoms with Crippen LogP contribution in [0.15, 0.2) is 41.0 Å². The second-order valence-corrected chi connectivity index (χ2v) is 6.40. The first-order valence-corrected chi connectivity index (χ1v) is 9.15. The molecule has 2 rings (SSSR count). The second kappa shape index (κ2) is 10.3. The summed E-state index contributed by atoms with van der Waals surface area (Å²) in [4.78, 5) is 35.5. The Morgan fingerprint density at radius 1 is 1.07 bits per heavy atom. The van der Waals surface area contributed by atoms with Gasteiger partial charge in [0.2, 0.25) is 0 Å². The number of ether oxygens (including phenoxy) is 2. The summed E-state index contributed by atoms with van der Waals surface area (Å²) in [6, 6.07) is 7.44. The molecule has 0 bridgehead atoms. The molecule has 0 radical (unpaired) electrons. The molecule has 1 aromatic carbocycles. The third-order valence-electron chi connectivity index (χ3n) is 3.39. The number of methoxy groups -OCH3 is 2. The zero-order valence-electron chi connectivity index (χ0n) is 14.9. The highest BCUT2D eigenvalue weighted by Gasteiger charge is 2.14. The molecular formula is C18H20N2O6S. The molecule has 0 aliphatic heterocycles. The standard InChI is InChI=1S/C18H20N2O6S/c1-24-16(21)12-8-13(17(22)25-2)10-14(9-12)20-18(23)19-5-7-27-11-15-4-3-6-26-15/h3-4,6,8-10H,5,7,11H2,1-2H3,(H2,19,20,23). The molecule has 0 saturated carbocycles. The number of hydrogen-bond donors (Lipinski definition) is 2. The number of benzene rings is 1. The van der Waals surface area contributed by atoms with Crippen LogP contribution < -0.4 is 10.6 Å². The van der Waals surface area contributed by atoms with Gasteiger partial charge in [0, 0.05) is 18.0 Å². The van der Waals surface area contributed by atoms with Gasteiger partial charge < -0.3 is 24.5 Å². The molecule has 27 heavy (non-hydrogen) atoms. The molecule has 2 N–H and O–H groups in total. The average Bonchev–Trinajstić information content (AvgIpc) is 3.19. The van der Waals surface area contributed by atoms with Crippen molar-refractivity contribution in [1.82, 2.24) is 5.32 Å². The largest absolute Gasteiger partial charge is 0.468 e. The van der Waals surface area contributed by atoms with Crippen molar-refractivity contribution in [2.75, 3.05) is 31.8 Å². The number of carbonyl (C=O) groups excluding carboxylic acids is 3. The Bertz CT molecular complexity index is 757. The fraction of sp³-hybridized carbons (Fsp3) is 0.278. The molecule has 144 valence electrons. The maximum Gasteiger partial charge on any atom is 0.337 e. The molecule has 2 amide bonds. The lowest BCUT2D eigenvalue weighted by Crippen LogP contribution is -2.30. The van der Waals surface area contributed by atoms with Gasteiger partial charge in [0.25, 0.3) is 0 Å². The van der Waals surface area contributed by atoms with E-state index in [0.717, 1.165) is 11.5 Å². The number of rotatable bonds is 8. The summed E-state index contributed by atoms with van der Waals surface area (Å²) in [6.45, 7) is 0.442. The van der Waals surface area contributed by atoms with E-state index in [1.165, 1.54) is 32.4 Å². The van der Waals surface area contributed by atoms with Crippen LogP contribution in [-0.2, 0) is 15.2 Å². The number of thioether (sulfide) groups is 1. The third-order valence-corrected chi connectivity index (χ3v) is 4.37. The molecule has 0 aliphatic rings. The summed E-state index contributed by atoms with van der Waals surface area (Å²) >= 11 is 1.62. The van der Waals surface area contributed by atoms with Crippen molar-refractivity contribution in [3.05, 3.63) is 53.5 Å². The van der Waals surface area contributed by atoms with E-state index >= 15 is 0 Å². The van der Waals surface area contributed by atoms with E-state index in [4.69, 9.17) is 4.42 Å². The molecule has 0 aliphatic carbocycles. The average molecular weight is 392 g/mol. The summed E-state index contributed by atoms with van der Waals surface area (Å²) in [7, 11) is 2.46. The first-order chi connectivity index (χ1) is 13.0. The molecule has 0 spiro atoms. The van der Waals surface area contributed by atoms with E-state index in [1.807, 2.05) is 12.1 Å². The minimum absolute atomic E-state index is 0.129. The van der Waals surface area contributed by atoms with Crippen LogP contribution in [0.2, 0.25) is 0 Å². The number of anilines is 1. The van der Waals surface area contributed by atoms with Crippen molar-refractivity contribution in [2.24, 2.45) is 0 Å². The highest BCUT2D eigenvalue weighted by molar-refractivity contribution is 7.98. The topological polar surface area (TPSA) is 107 Å². The first kappa shape index (κ1) is 20.4. The minimum Gasteiger partial charge on any atom is -0.468 e. The van der Waals surface area contributed by atoms with E-state index in [2.05, 4.69) is 20.1 Å². The quantitative estimate of drug-likeness (QED) is 0.525. The maximum atomic E-state index is 12.0. The van der Waals surface area contributed by atoms with Crippen LogP contribution in [0.5, 0.6) is 0 Å². The van der Waals surface area contributed by atoms with Gasteiger partial charge in [-0.3, -0.25) is 0 Å². The van der Waals surface area contributed by atoms with Gasteiger partial charge in [0.1, 0.15) is 5.76 Å². The Morgan fingerprint density at radius 3 is 2.30 bits per heavy atom. The van der Waals surface area contributed by atoms with E-state index in [-0.39, 0.29) is 16.8 Å². The molecule has 0 saturated heterocycles. The van der Waals surface area contributed by atoms with Gasteiger partial charge in [-0.05, 0) is 30.3 Å². The van der Waals surface area contributed by atoms with Crippen molar-refractivity contribution in [3.8, 4) is 0 Å². The fourth-order valence-corrected chi connectivity index (χ4v) is 2.91. The highest BCUT2D eigenvalue weighted by Crippen LogP contribution is 2.17. The summed E-state index contributed by atoms with van der Waals surface area (Å²) < 4.78 is 14.5. The molecule has 0 unspecified atom stereocenters. The second-order valence-electron chi connectivity index (χ2n) is 5.30. The molecule has 9 heteroatoms. The summed E-state index contributed by atoms with van der Waals surface area (Å²) in [5, 5.41) is 5.29. The van der Waals surface area contributed by atoms with Gasteiger partial charge in [-0.2, -0.15) is 11.8 Å². The smallest absolute Gasteiger partial charge is 0.337 e. The van der Waals surface area contributed by atoms with E-state index in [0.29, 0.717) is 12.3 Å². The number of nitrogens with one attached hydrogen (secondary N) is 2. The van der Waals surface area contributed by atoms with Gasteiger partial charge in [-0.1, -0.05) is 0 Å². The van der Waals surface area contributed by atoms with E-state index < -0.39 is 18.0 Å². The third kappa shape index (κ3) is 6.37. The number of urea groups is 1. The predicted molar refractivity (Wildman–Crippen MR) is 101 cm³/mol. The minimum atomic E-state index is -0.626. The Kier molecular flexibility index (Phi) is 7.75. The van der Waals surface area contributed by atoms with Gasteiger partial charge in [0.05, 0.1) is 37.4 Å². The lowest BCUT2D eigenvalue weighted by molar-refractivity contribution is 0.0599. The summed E-state index contributed by atoms with van der Waals surface area (Å²) in [5.41, 5.74) is 0.536. The fourth-order valence-electron chi connectivity index (χ4n) is 2.15. The van der Waals surface area contributed by atoms with Crippen molar-refractivity contribution in [1.29, 1.82) is 0 Å². The Morgan fingerprint density at radius 2 is 1.74 bits per heavy atom. The van der Waals surface area contributed by atoms with E-state index in [9.17, 15) is 14.4 Å². The molecular weight excluding hydrogens is 372 g/mol. The molecule has 8 nitrogen and oxygen atoms in total. The van der Waals surface area contributed by atoms with Gasteiger partial charge >= 0.3 is 18.0 Å². The molecule has 0 fully saturated rings. The summed E-state index contributed by atoms with van der Waals surface area (Å²) in [5.74, 6) is 1.04. The van der Waals surface area contributed by atoms with Gasteiger partial charge in [-0.25, -0.2) is 14.4 Å². The van der Waals surface area contributed by atoms with Crippen LogP contribution >= 0.6 is 11.8 Å². The SMILES string of the molecule is COC(=O)c1cc(NC(=O)NCCSCc2ccco2)cc(C(=O)OC)c1. The van der Waals surface area contributed by atoms with Crippen LogP contribution in [0.25, 0.3) is 0 Å². The number of hydrogen-bond acceptors (Lipinski definition) is 7. The summed E-state index contributed by atoms with van der Waals surface area (Å²) in [6.07, 6.45) is 1.62. The van der Waals surface area contributed by atoms with Crippen LogP contribution in [0.3, 0.4) is 0 Å². The van der Waals surface area contributed by atoms with Crippen molar-refractivity contribution in [3.63, 3.8) is 0 Å². The number of esters is 2. The van der Waals surface area contributed by atoms with Crippen molar-refractivity contribution in [2.45, 2.75) is 5.75 Å². The van der Waals surface area contributed by atoms with Crippen LogP contribution in [0, 0.1) is 0 Å². The molecule has 1 heterocycles. The van der Waals surface area contributed by atoms with Crippen LogP contribution in [-0.4, -0.2) is 44.5 Å². The molecule has 1 aromatic heterocycles. The molecule has 2 aromatic rings. The zero-order valence-corrected chi connectivity index (χ0v) is 15.8. The monoisotopic (exact) mass is 392 g/mol. The van der Waals surface area contributed by atoms with Crippen LogP contribution in [0.1, 0.15) is 26.5 Å². The van der Waals surface area contributed by atoms with Crippen molar-refractivity contribution >= 4 is 35.4 Å². The Hall–Kier alpha value is -2.94. The Labute approximate surface area is 160 Å². The number of amides is 2. The lowest BCUT2D eigenvalue weighted by atomic mass is 10.1. The van der Waals surface area contributed by atoms with Crippen LogP contribution in [0.4, 0.5) is 10.5 Å². The number of carbonyl (C=O) groups is 3. The number of furan rings is 1. The first-order valence-electron chi connectivity index (χ1n) is 8.00. The lowest BCUT2D eigenvalue weighted by Gasteiger charge is -2.10. The molecule has 0 atom stereocenters. The highest BCUT2D eigenvalue weighted by atomic mass is 32.2. The van der Waals surface area contributed by atoms with Gasteiger partial charge in [0.15, 0.2) is 0 Å². The van der Waals surface area contributed by atoms with Gasteiger partial charge in [-0.15, -0.1) is 0 Å². The van der Waals surface area contributed by atoms with E-state index in [1.54, 1.807) is 18.0 Å². The van der Waals surface area contributed by atoms with Crippen molar-refractivity contribution < 1.29 is 28.3 Å². The predicted octanol–water partition coefficient (Wildman–Crippen LogP) is 2.91.